The quantitative estimate of drug-likeness (QED) is 0.375. The largest absolute Gasteiger partial charge is 0.481 e. The van der Waals surface area contributed by atoms with Crippen LogP contribution in [0.15, 0.2) is 0 Å². The van der Waals surface area contributed by atoms with Gasteiger partial charge < -0.3 is 20.4 Å². The minimum absolute atomic E-state index is 0.799. The predicted octanol–water partition coefficient (Wildman–Crippen LogP) is -1.53. The third-order valence-electron chi connectivity index (χ3n) is 1.07. The summed E-state index contributed by atoms with van der Waals surface area (Å²) >= 11 is 0. The van der Waals surface area contributed by atoms with Crippen LogP contribution in [0.2, 0.25) is 0 Å². The summed E-state index contributed by atoms with van der Waals surface area (Å²) in [6, 6.07) is 0. The first-order valence-corrected chi connectivity index (χ1v) is 2.76. The number of aliphatic hydroxyl groups excluding tert-OH is 1. The molecule has 0 aliphatic heterocycles. The van der Waals surface area contributed by atoms with Crippen molar-refractivity contribution in [1.82, 2.24) is 0 Å². The van der Waals surface area contributed by atoms with Crippen LogP contribution in [0.4, 0.5) is 0 Å². The van der Waals surface area contributed by atoms with E-state index in [2.05, 4.69) is 0 Å². The summed E-state index contributed by atoms with van der Waals surface area (Å²) < 4.78 is 0. The minimum Gasteiger partial charge on any atom is -0.481 e. The summed E-state index contributed by atoms with van der Waals surface area (Å²) in [5.41, 5.74) is 0. The number of aliphatic carboxylic acids is 2. The molecule has 0 aliphatic rings. The van der Waals surface area contributed by atoms with E-state index < -0.39 is 30.6 Å². The molecule has 0 radical (unpaired) electrons. The molecule has 0 fully saturated rings. The number of hydrogen-bond acceptors (Lipinski definition) is 4. The van der Waals surface area contributed by atoms with Crippen molar-refractivity contribution in [2.24, 2.45) is 5.92 Å². The van der Waals surface area contributed by atoms with E-state index in [0.29, 0.717) is 0 Å². The number of carbonyl (C=O) groups is 2. The fourth-order valence-electron chi connectivity index (χ4n) is 0.508. The number of carboxylic acids is 2. The average Bonchev–Trinajstić information content (AvgIpc) is 1.81. The number of rotatable bonds is 4. The zero-order valence-electron chi connectivity index (χ0n) is 5.47. The molecule has 6 heteroatoms. The van der Waals surface area contributed by atoms with Crippen LogP contribution in [0.3, 0.4) is 0 Å². The first kappa shape index (κ1) is 9.86. The zero-order valence-corrected chi connectivity index (χ0v) is 5.47. The Hall–Kier alpha value is -1.14. The Bertz CT molecular complexity index is 162. The third kappa shape index (κ3) is 3.54. The first-order chi connectivity index (χ1) is 4.95. The van der Waals surface area contributed by atoms with Crippen molar-refractivity contribution in [3.8, 4) is 0 Å². The lowest BCUT2D eigenvalue weighted by molar-refractivity contribution is -0.165. The van der Waals surface area contributed by atoms with Crippen molar-refractivity contribution in [3.63, 3.8) is 0 Å². The summed E-state index contributed by atoms with van der Waals surface area (Å²) in [4.78, 5) is 20.0. The van der Waals surface area contributed by atoms with Gasteiger partial charge in [0, 0.05) is 0 Å². The lowest BCUT2D eigenvalue weighted by atomic mass is 10.1. The average molecular weight is 164 g/mol. The fraction of sp³-hybridized carbons (Fsp3) is 0.600. The maximum Gasteiger partial charge on any atom is 0.312 e. The highest BCUT2D eigenvalue weighted by molar-refractivity contribution is 5.77. The van der Waals surface area contributed by atoms with Gasteiger partial charge in [-0.15, -0.1) is 0 Å². The van der Waals surface area contributed by atoms with E-state index in [9.17, 15) is 9.59 Å². The summed E-state index contributed by atoms with van der Waals surface area (Å²) in [6.45, 7) is 0. The van der Waals surface area contributed by atoms with Gasteiger partial charge in [-0.25, -0.2) is 0 Å². The van der Waals surface area contributed by atoms with Crippen molar-refractivity contribution in [3.05, 3.63) is 0 Å². The van der Waals surface area contributed by atoms with E-state index in [0.717, 1.165) is 0 Å². The van der Waals surface area contributed by atoms with Crippen LogP contribution in [0, 0.1) is 5.92 Å². The molecule has 1 unspecified atom stereocenters. The second-order valence-corrected chi connectivity index (χ2v) is 1.96. The molecule has 0 saturated heterocycles. The van der Waals surface area contributed by atoms with Crippen molar-refractivity contribution < 1.29 is 30.0 Å². The molecule has 0 spiro atoms. The van der Waals surface area contributed by atoms with E-state index in [1.165, 1.54) is 0 Å². The van der Waals surface area contributed by atoms with Crippen LogP contribution in [0.25, 0.3) is 0 Å². The molecule has 64 valence electrons. The molecule has 0 bridgehead atoms. The van der Waals surface area contributed by atoms with Gasteiger partial charge >= 0.3 is 11.9 Å². The first-order valence-electron chi connectivity index (χ1n) is 2.76. The minimum atomic E-state index is -2.14. The molecule has 0 aromatic rings. The molecule has 0 aromatic carbocycles. The van der Waals surface area contributed by atoms with Gasteiger partial charge in [0.25, 0.3) is 0 Å². The van der Waals surface area contributed by atoms with E-state index in [1.54, 1.807) is 0 Å². The Morgan fingerprint density at radius 1 is 1.18 bits per heavy atom. The Morgan fingerprint density at radius 2 is 1.64 bits per heavy atom. The van der Waals surface area contributed by atoms with Crippen LogP contribution in [0.1, 0.15) is 6.42 Å². The molecule has 6 nitrogen and oxygen atoms in total. The predicted molar refractivity (Wildman–Crippen MR) is 31.6 cm³/mol. The maximum atomic E-state index is 10.1. The monoisotopic (exact) mass is 164 g/mol. The molecule has 0 amide bonds. The third-order valence-corrected chi connectivity index (χ3v) is 1.07. The molecular weight excluding hydrogens is 156 g/mol. The van der Waals surface area contributed by atoms with Crippen molar-refractivity contribution in [1.29, 1.82) is 0 Å². The molecule has 0 aromatic heterocycles. The van der Waals surface area contributed by atoms with Gasteiger partial charge in [-0.05, 0) is 0 Å². The molecular formula is C5H8O6. The maximum absolute atomic E-state index is 10.1. The van der Waals surface area contributed by atoms with E-state index in [4.69, 9.17) is 20.4 Å². The molecule has 11 heavy (non-hydrogen) atoms. The summed E-state index contributed by atoms with van der Waals surface area (Å²) in [7, 11) is 0. The van der Waals surface area contributed by atoms with E-state index in [1.807, 2.05) is 0 Å². The SMILES string of the molecule is O=C(O)CC(C(=O)O)C(O)O. The van der Waals surface area contributed by atoms with Gasteiger partial charge in [0.1, 0.15) is 5.92 Å². The second-order valence-electron chi connectivity index (χ2n) is 1.96. The van der Waals surface area contributed by atoms with Crippen molar-refractivity contribution >= 4 is 11.9 Å². The van der Waals surface area contributed by atoms with Crippen LogP contribution in [0.5, 0.6) is 0 Å². The molecule has 0 aliphatic carbocycles. The van der Waals surface area contributed by atoms with Crippen LogP contribution in [-0.2, 0) is 9.59 Å². The molecule has 0 rings (SSSR count). The van der Waals surface area contributed by atoms with Gasteiger partial charge in [0.2, 0.25) is 0 Å². The normalized spacial score (nSPS) is 13.0. The molecule has 4 N–H and O–H groups in total. The molecule has 0 heterocycles. The smallest absolute Gasteiger partial charge is 0.312 e. The number of carboxylic acid groups (broad SMARTS) is 2. The highest BCUT2D eigenvalue weighted by atomic mass is 16.5. The van der Waals surface area contributed by atoms with Crippen LogP contribution in [-0.4, -0.2) is 38.7 Å². The Kier molecular flexibility index (Phi) is 3.49. The van der Waals surface area contributed by atoms with E-state index >= 15 is 0 Å². The van der Waals surface area contributed by atoms with Crippen molar-refractivity contribution in [2.45, 2.75) is 12.7 Å². The van der Waals surface area contributed by atoms with Crippen LogP contribution >= 0.6 is 0 Å². The van der Waals surface area contributed by atoms with Crippen molar-refractivity contribution in [2.75, 3.05) is 0 Å². The summed E-state index contributed by atoms with van der Waals surface area (Å²) in [6.07, 6.45) is -2.93. The van der Waals surface area contributed by atoms with Gasteiger partial charge in [-0.1, -0.05) is 0 Å². The zero-order chi connectivity index (χ0) is 9.02. The number of aliphatic hydroxyl groups is 2. The summed E-state index contributed by atoms with van der Waals surface area (Å²) in [5.74, 6) is -4.58. The second kappa shape index (κ2) is 3.89. The highest BCUT2D eigenvalue weighted by Crippen LogP contribution is 2.06. The molecule has 1 atom stereocenters. The van der Waals surface area contributed by atoms with Gasteiger partial charge in [0.15, 0.2) is 6.29 Å². The Morgan fingerprint density at radius 3 is 1.73 bits per heavy atom. The Labute approximate surface area is 61.7 Å². The topological polar surface area (TPSA) is 115 Å². The Balaban J connectivity index is 4.12. The molecule has 0 saturated carbocycles. The fourth-order valence-corrected chi connectivity index (χ4v) is 0.508. The van der Waals surface area contributed by atoms with Gasteiger partial charge in [0.05, 0.1) is 6.42 Å². The highest BCUT2D eigenvalue weighted by Gasteiger charge is 2.27. The number of hydrogen-bond donors (Lipinski definition) is 4. The lowest BCUT2D eigenvalue weighted by Crippen LogP contribution is -2.29. The van der Waals surface area contributed by atoms with Crippen LogP contribution < -0.4 is 0 Å². The van der Waals surface area contributed by atoms with E-state index in [-0.39, 0.29) is 0 Å². The van der Waals surface area contributed by atoms with Gasteiger partial charge in [-0.3, -0.25) is 9.59 Å². The van der Waals surface area contributed by atoms with Gasteiger partial charge in [-0.2, -0.15) is 0 Å². The lowest BCUT2D eigenvalue weighted by Gasteiger charge is -2.10. The summed E-state index contributed by atoms with van der Waals surface area (Å²) in [5, 5.41) is 33.0. The standard InChI is InChI=1S/C5H8O6/c6-3(7)1-2(4(8)9)5(10)11/h2,4,8-9H,1H2,(H,6,7)(H,10,11).